The van der Waals surface area contributed by atoms with Gasteiger partial charge in [0.1, 0.15) is 0 Å². The average molecular weight is 124 g/mol. The lowest BCUT2D eigenvalue weighted by Crippen LogP contribution is -2.20. The van der Waals surface area contributed by atoms with Crippen LogP contribution in [0.1, 0.15) is 0 Å². The topological polar surface area (TPSA) is 25.6 Å². The third-order valence-electron chi connectivity index (χ3n) is 0.905. The predicted molar refractivity (Wildman–Crippen MR) is 34.9 cm³/mol. The fraction of sp³-hybridized carbons (Fsp3) is 0. The predicted octanol–water partition coefficient (Wildman–Crippen LogP) is 0.201. The second-order valence-electron chi connectivity index (χ2n) is 1.46. The van der Waals surface area contributed by atoms with E-state index in [-0.39, 0.29) is 0 Å². The summed E-state index contributed by atoms with van der Waals surface area (Å²) in [6.07, 6.45) is 0. The van der Waals surface area contributed by atoms with Crippen molar-refractivity contribution in [3.8, 4) is 0 Å². The Kier molecular flexibility index (Phi) is 1.76. The smallest absolute Gasteiger partial charge is 0.241 e. The van der Waals surface area contributed by atoms with Crippen LogP contribution in [0.3, 0.4) is 0 Å². The molecule has 0 amide bonds. The molecule has 1 nitrogen and oxygen atoms in total. The van der Waals surface area contributed by atoms with E-state index < -0.39 is 0 Å². The van der Waals surface area contributed by atoms with Crippen molar-refractivity contribution in [1.29, 1.82) is 0 Å². The highest BCUT2D eigenvalue weighted by atomic mass is 31.1. The summed E-state index contributed by atoms with van der Waals surface area (Å²) in [7, 11) is 0.849. The van der Waals surface area contributed by atoms with Crippen LogP contribution in [0.4, 0.5) is 0 Å². The maximum absolute atomic E-state index is 5.32. The number of benzene rings is 1. The zero-order chi connectivity index (χ0) is 5.82. The van der Waals surface area contributed by atoms with E-state index in [1.54, 1.807) is 0 Å². The first-order valence-corrected chi connectivity index (χ1v) is 3.36. The fourth-order valence-corrected chi connectivity index (χ4v) is 0.858. The van der Waals surface area contributed by atoms with Gasteiger partial charge in [-0.3, -0.25) is 0 Å². The largest absolute Gasteiger partial charge is 0.242 e. The normalized spacial score (nSPS) is 9.50. The van der Waals surface area contributed by atoms with Gasteiger partial charge in [0.25, 0.3) is 0 Å². The molecule has 0 saturated carbocycles. The van der Waals surface area contributed by atoms with Crippen LogP contribution >= 0.6 is 8.37 Å². The molecule has 8 heavy (non-hydrogen) atoms. The molecule has 0 aliphatic rings. The van der Waals surface area contributed by atoms with Gasteiger partial charge in [-0.05, 0) is 12.1 Å². The van der Waals surface area contributed by atoms with Gasteiger partial charge in [0.05, 0.1) is 5.30 Å². The molecule has 1 aromatic rings. The zero-order valence-electron chi connectivity index (χ0n) is 4.41. The minimum atomic E-state index is 0.849. The van der Waals surface area contributed by atoms with Gasteiger partial charge >= 0.3 is 0 Å². The highest BCUT2D eigenvalue weighted by Gasteiger charge is 1.83. The molecule has 0 spiro atoms. The van der Waals surface area contributed by atoms with Gasteiger partial charge in [-0.25, -0.2) is 5.16 Å². The molecule has 0 aliphatic heterocycles. The molecule has 1 rings (SSSR count). The highest BCUT2D eigenvalue weighted by Crippen LogP contribution is 1.89. The van der Waals surface area contributed by atoms with Crippen molar-refractivity contribution in [2.24, 2.45) is 0 Å². The van der Waals surface area contributed by atoms with Gasteiger partial charge in [0.15, 0.2) is 0 Å². The van der Waals surface area contributed by atoms with Crippen LogP contribution in [0.15, 0.2) is 30.3 Å². The van der Waals surface area contributed by atoms with Gasteiger partial charge < -0.3 is 0 Å². The van der Waals surface area contributed by atoms with E-state index in [0.29, 0.717) is 0 Å². The van der Waals surface area contributed by atoms with Crippen molar-refractivity contribution in [1.82, 2.24) is 0 Å². The first-order valence-electron chi connectivity index (χ1n) is 2.39. The fourth-order valence-electron chi connectivity index (χ4n) is 0.514. The molecule has 0 radical (unpaired) electrons. The number of hydrogen-bond donors (Lipinski definition) is 1. The minimum absolute atomic E-state index is 0.849. The average Bonchev–Trinajstić information content (AvgIpc) is 1.90. The summed E-state index contributed by atoms with van der Waals surface area (Å²) in [5.74, 6) is 0. The van der Waals surface area contributed by atoms with Crippen LogP contribution in [0, 0.1) is 0 Å². The molecule has 2 N–H and O–H groups in total. The molecular weight excluding hydrogens is 117 g/mol. The molecule has 40 valence electrons. The Morgan fingerprint density at radius 2 is 1.75 bits per heavy atom. The highest BCUT2D eigenvalue weighted by molar-refractivity contribution is 7.33. The molecule has 0 aliphatic carbocycles. The third-order valence-corrected chi connectivity index (χ3v) is 1.50. The second-order valence-corrected chi connectivity index (χ2v) is 2.24. The SMILES string of the molecule is [NH2+]=Pc1ccccc1. The van der Waals surface area contributed by atoms with Crippen LogP contribution < -0.4 is 10.5 Å². The Balaban J connectivity index is 2.99. The molecule has 0 fully saturated rings. The van der Waals surface area contributed by atoms with Gasteiger partial charge in [-0.2, -0.15) is 0 Å². The van der Waals surface area contributed by atoms with Gasteiger partial charge in [-0.1, -0.05) is 18.2 Å². The van der Waals surface area contributed by atoms with E-state index in [4.69, 9.17) is 5.16 Å². The van der Waals surface area contributed by atoms with E-state index in [1.807, 2.05) is 30.3 Å². The lowest BCUT2D eigenvalue weighted by Gasteiger charge is -1.79. The van der Waals surface area contributed by atoms with Crippen LogP contribution in [-0.2, 0) is 0 Å². The first-order chi connectivity index (χ1) is 3.93. The van der Waals surface area contributed by atoms with Crippen molar-refractivity contribution in [2.75, 3.05) is 0 Å². The molecule has 0 heterocycles. The van der Waals surface area contributed by atoms with E-state index in [2.05, 4.69) is 0 Å². The van der Waals surface area contributed by atoms with E-state index in [1.165, 1.54) is 0 Å². The lowest BCUT2D eigenvalue weighted by atomic mass is 10.4. The first kappa shape index (κ1) is 5.46. The summed E-state index contributed by atoms with van der Waals surface area (Å²) in [6.45, 7) is 0. The monoisotopic (exact) mass is 124 g/mol. The summed E-state index contributed by atoms with van der Waals surface area (Å²) in [5.41, 5.74) is 0. The number of nitrogens with two attached hydrogens (primary N) is 1. The molecule has 0 bridgehead atoms. The standard InChI is InChI=1S/C6H6NP/c7-8-6-4-2-1-3-5-6/h1-5,7H/p+1. The zero-order valence-corrected chi connectivity index (χ0v) is 5.31. The molecule has 0 atom stereocenters. The van der Waals surface area contributed by atoms with Crippen molar-refractivity contribution in [3.05, 3.63) is 30.3 Å². The van der Waals surface area contributed by atoms with Crippen LogP contribution in [0.5, 0.6) is 0 Å². The van der Waals surface area contributed by atoms with Gasteiger partial charge in [-0.15, -0.1) is 0 Å². The maximum Gasteiger partial charge on any atom is 0.242 e. The van der Waals surface area contributed by atoms with E-state index >= 15 is 0 Å². The lowest BCUT2D eigenvalue weighted by molar-refractivity contribution is -0.0743. The molecule has 0 aromatic heterocycles. The van der Waals surface area contributed by atoms with Crippen molar-refractivity contribution < 1.29 is 5.16 Å². The molecule has 1 aromatic carbocycles. The minimum Gasteiger partial charge on any atom is -0.241 e. The molecule has 0 saturated heterocycles. The molecule has 0 unspecified atom stereocenters. The number of rotatable bonds is 1. The summed E-state index contributed by atoms with van der Waals surface area (Å²) in [6, 6.07) is 9.95. The van der Waals surface area contributed by atoms with Crippen LogP contribution in [-0.4, -0.2) is 0 Å². The van der Waals surface area contributed by atoms with Crippen LogP contribution in [0.25, 0.3) is 0 Å². The van der Waals surface area contributed by atoms with Gasteiger partial charge in [0, 0.05) is 0 Å². The Morgan fingerprint density at radius 1 is 1.12 bits per heavy atom. The van der Waals surface area contributed by atoms with Crippen molar-refractivity contribution in [3.63, 3.8) is 0 Å². The number of hydrogen-bond acceptors (Lipinski definition) is 0. The molecule has 2 heteroatoms. The Bertz CT molecular complexity index is 171. The Morgan fingerprint density at radius 3 is 2.12 bits per heavy atom. The van der Waals surface area contributed by atoms with Gasteiger partial charge in [0.2, 0.25) is 8.37 Å². The summed E-state index contributed by atoms with van der Waals surface area (Å²) < 4.78 is 0. The molecular formula is C6H7NP+. The third kappa shape index (κ3) is 1.14. The quantitative estimate of drug-likeness (QED) is 0.517. The van der Waals surface area contributed by atoms with Crippen molar-refractivity contribution >= 4 is 13.7 Å². The summed E-state index contributed by atoms with van der Waals surface area (Å²) in [4.78, 5) is 0. The van der Waals surface area contributed by atoms with Crippen LogP contribution in [0.2, 0.25) is 0 Å². The summed E-state index contributed by atoms with van der Waals surface area (Å²) in [5, 5.41) is 6.48. The summed E-state index contributed by atoms with van der Waals surface area (Å²) >= 11 is 0. The van der Waals surface area contributed by atoms with E-state index in [9.17, 15) is 0 Å². The van der Waals surface area contributed by atoms with Crippen molar-refractivity contribution in [2.45, 2.75) is 0 Å². The van der Waals surface area contributed by atoms with E-state index in [0.717, 1.165) is 13.7 Å². The Hall–Kier alpha value is -0.680. The second kappa shape index (κ2) is 2.58. The maximum atomic E-state index is 5.32. The Labute approximate surface area is 50.0 Å².